The number of benzene rings is 1. The molecule has 0 amide bonds. The fourth-order valence-electron chi connectivity index (χ4n) is 0.978. The molecule has 0 fully saturated rings. The van der Waals surface area contributed by atoms with Crippen LogP contribution in [0.2, 0.25) is 0 Å². The third-order valence-electron chi connectivity index (χ3n) is 1.69. The van der Waals surface area contributed by atoms with E-state index in [1.165, 1.54) is 0 Å². The maximum absolute atomic E-state index is 11.6. The molecule has 0 aliphatic rings. The van der Waals surface area contributed by atoms with Gasteiger partial charge in [0.25, 0.3) is 0 Å². The molecule has 0 aliphatic carbocycles. The Kier molecular flexibility index (Phi) is 3.85. The van der Waals surface area contributed by atoms with Crippen molar-refractivity contribution in [2.75, 3.05) is 6.54 Å². The zero-order valence-electron chi connectivity index (χ0n) is 7.81. The van der Waals surface area contributed by atoms with E-state index in [9.17, 15) is 8.42 Å². The van der Waals surface area contributed by atoms with Crippen LogP contribution in [0.25, 0.3) is 0 Å². The predicted octanol–water partition coefficient (Wildman–Crippen LogP) is 1.54. The molecule has 0 aromatic heterocycles. The van der Waals surface area contributed by atoms with Gasteiger partial charge in [0.15, 0.2) is 0 Å². The van der Waals surface area contributed by atoms with Gasteiger partial charge in [-0.3, -0.25) is 0 Å². The molecule has 0 saturated carbocycles. The van der Waals surface area contributed by atoms with E-state index in [1.807, 2.05) is 0 Å². The number of sulfonamides is 1. The van der Waals surface area contributed by atoms with Crippen LogP contribution >= 0.6 is 0 Å². The van der Waals surface area contributed by atoms with Crippen molar-refractivity contribution < 1.29 is 8.42 Å². The lowest BCUT2D eigenvalue weighted by Crippen LogP contribution is -2.24. The Balaban J connectivity index is 2.72. The van der Waals surface area contributed by atoms with Gasteiger partial charge in [-0.15, -0.1) is 6.58 Å². The summed E-state index contributed by atoms with van der Waals surface area (Å²) in [4.78, 5) is 0.295. The van der Waals surface area contributed by atoms with Gasteiger partial charge in [-0.2, -0.15) is 0 Å². The highest BCUT2D eigenvalue weighted by molar-refractivity contribution is 7.89. The molecule has 76 valence electrons. The molecule has 0 spiro atoms. The van der Waals surface area contributed by atoms with Gasteiger partial charge >= 0.3 is 0 Å². The first kappa shape index (κ1) is 10.9. The summed E-state index contributed by atoms with van der Waals surface area (Å²) in [5.74, 6) is 0. The number of hydrogen-bond acceptors (Lipinski definition) is 2. The van der Waals surface area contributed by atoms with Crippen LogP contribution in [0.5, 0.6) is 0 Å². The Morgan fingerprint density at radius 3 is 2.50 bits per heavy atom. The van der Waals surface area contributed by atoms with Crippen molar-refractivity contribution in [1.29, 1.82) is 0 Å². The molecule has 1 rings (SSSR count). The zero-order valence-corrected chi connectivity index (χ0v) is 8.63. The summed E-state index contributed by atoms with van der Waals surface area (Å²) in [5.41, 5.74) is 0. The Hall–Kier alpha value is -1.13. The van der Waals surface area contributed by atoms with E-state index in [2.05, 4.69) is 11.3 Å². The summed E-state index contributed by atoms with van der Waals surface area (Å²) >= 11 is 0. The van der Waals surface area contributed by atoms with E-state index in [0.717, 1.165) is 0 Å². The van der Waals surface area contributed by atoms with Gasteiger partial charge in [-0.1, -0.05) is 24.3 Å². The van der Waals surface area contributed by atoms with Crippen LogP contribution in [0, 0.1) is 0 Å². The molecule has 1 aromatic carbocycles. The fourth-order valence-corrected chi connectivity index (χ4v) is 2.05. The highest BCUT2D eigenvalue weighted by Gasteiger charge is 2.10. The topological polar surface area (TPSA) is 46.2 Å². The van der Waals surface area contributed by atoms with Crippen molar-refractivity contribution in [3.63, 3.8) is 0 Å². The summed E-state index contributed by atoms with van der Waals surface area (Å²) in [7, 11) is -3.33. The fraction of sp³-hybridized carbons (Fsp3) is 0.200. The van der Waals surface area contributed by atoms with Gasteiger partial charge < -0.3 is 0 Å². The van der Waals surface area contributed by atoms with E-state index in [0.29, 0.717) is 17.9 Å². The number of rotatable bonds is 5. The van der Waals surface area contributed by atoms with Gasteiger partial charge in [-0.05, 0) is 18.6 Å². The Morgan fingerprint density at radius 2 is 1.93 bits per heavy atom. The maximum Gasteiger partial charge on any atom is 0.240 e. The number of hydrogen-bond donors (Lipinski definition) is 1. The van der Waals surface area contributed by atoms with Gasteiger partial charge in [0.05, 0.1) is 4.90 Å². The SMILES string of the molecule is C=CCCNS(=O)(=O)c1ccccc1. The minimum Gasteiger partial charge on any atom is -0.211 e. The van der Waals surface area contributed by atoms with Crippen molar-refractivity contribution in [3.8, 4) is 0 Å². The lowest BCUT2D eigenvalue weighted by Gasteiger charge is -2.04. The standard InChI is InChI=1S/C10H13NO2S/c1-2-3-9-11-14(12,13)10-7-5-4-6-8-10/h2,4-8,11H,1,3,9H2. The summed E-state index contributed by atoms with van der Waals surface area (Å²) in [6, 6.07) is 8.30. The molecule has 3 nitrogen and oxygen atoms in total. The average molecular weight is 211 g/mol. The van der Waals surface area contributed by atoms with Crippen LogP contribution in [0.1, 0.15) is 6.42 Å². The molecule has 1 aromatic rings. The van der Waals surface area contributed by atoms with Crippen LogP contribution in [-0.2, 0) is 10.0 Å². The van der Waals surface area contributed by atoms with Crippen LogP contribution in [0.15, 0.2) is 47.9 Å². The first-order valence-corrected chi connectivity index (χ1v) is 5.81. The van der Waals surface area contributed by atoms with Gasteiger partial charge in [-0.25, -0.2) is 13.1 Å². The molecular formula is C10H13NO2S. The second-order valence-electron chi connectivity index (χ2n) is 2.79. The molecule has 14 heavy (non-hydrogen) atoms. The molecule has 0 heterocycles. The van der Waals surface area contributed by atoms with Crippen molar-refractivity contribution in [1.82, 2.24) is 4.72 Å². The first-order valence-electron chi connectivity index (χ1n) is 4.32. The second kappa shape index (κ2) is 4.93. The lowest BCUT2D eigenvalue weighted by molar-refractivity contribution is 0.582. The third kappa shape index (κ3) is 2.97. The zero-order chi connectivity index (χ0) is 10.4. The number of nitrogens with one attached hydrogen (secondary N) is 1. The summed E-state index contributed by atoms with van der Waals surface area (Å²) in [6.45, 7) is 3.91. The monoisotopic (exact) mass is 211 g/mol. The van der Waals surface area contributed by atoms with Crippen molar-refractivity contribution in [3.05, 3.63) is 43.0 Å². The highest BCUT2D eigenvalue weighted by Crippen LogP contribution is 2.06. The molecule has 4 heteroatoms. The average Bonchev–Trinajstić information content (AvgIpc) is 2.19. The van der Waals surface area contributed by atoms with Gasteiger partial charge in [0.2, 0.25) is 10.0 Å². The summed E-state index contributed by atoms with van der Waals surface area (Å²) in [5, 5.41) is 0. The van der Waals surface area contributed by atoms with E-state index < -0.39 is 10.0 Å². The largest absolute Gasteiger partial charge is 0.240 e. The molecule has 0 saturated heterocycles. The van der Waals surface area contributed by atoms with E-state index in [4.69, 9.17) is 0 Å². The van der Waals surface area contributed by atoms with Crippen LogP contribution in [0.3, 0.4) is 0 Å². The van der Waals surface area contributed by atoms with Crippen molar-refractivity contribution >= 4 is 10.0 Å². The van der Waals surface area contributed by atoms with Crippen LogP contribution in [-0.4, -0.2) is 15.0 Å². The molecule has 0 unspecified atom stereocenters. The summed E-state index contributed by atoms with van der Waals surface area (Å²) < 4.78 is 25.6. The maximum atomic E-state index is 11.6. The summed E-state index contributed by atoms with van der Waals surface area (Å²) in [6.07, 6.45) is 2.31. The Labute approximate surface area is 84.5 Å². The van der Waals surface area contributed by atoms with E-state index in [1.54, 1.807) is 36.4 Å². The molecule has 0 radical (unpaired) electrons. The smallest absolute Gasteiger partial charge is 0.211 e. The van der Waals surface area contributed by atoms with Gasteiger partial charge in [0, 0.05) is 6.54 Å². The normalized spacial score (nSPS) is 11.1. The quantitative estimate of drug-likeness (QED) is 0.593. The van der Waals surface area contributed by atoms with Crippen molar-refractivity contribution in [2.24, 2.45) is 0 Å². The van der Waals surface area contributed by atoms with Gasteiger partial charge in [0.1, 0.15) is 0 Å². The molecule has 0 bridgehead atoms. The highest BCUT2D eigenvalue weighted by atomic mass is 32.2. The van der Waals surface area contributed by atoms with E-state index >= 15 is 0 Å². The van der Waals surface area contributed by atoms with Crippen LogP contribution in [0.4, 0.5) is 0 Å². The lowest BCUT2D eigenvalue weighted by atomic mass is 10.4. The second-order valence-corrected chi connectivity index (χ2v) is 4.56. The molecule has 1 N–H and O–H groups in total. The van der Waals surface area contributed by atoms with Crippen molar-refractivity contribution in [2.45, 2.75) is 11.3 Å². The minimum atomic E-state index is -3.33. The third-order valence-corrected chi connectivity index (χ3v) is 3.17. The predicted molar refractivity (Wildman–Crippen MR) is 56.4 cm³/mol. The molecular weight excluding hydrogens is 198 g/mol. The Bertz CT molecular complexity index is 384. The Morgan fingerprint density at radius 1 is 1.29 bits per heavy atom. The van der Waals surface area contributed by atoms with E-state index in [-0.39, 0.29) is 0 Å². The minimum absolute atomic E-state index is 0.295. The molecule has 0 atom stereocenters. The molecule has 0 aliphatic heterocycles. The first-order chi connectivity index (χ1) is 6.67. The van der Waals surface area contributed by atoms with Crippen LogP contribution < -0.4 is 4.72 Å².